The number of carbonyl (C=O) groups excluding carboxylic acids is 1. The number of amides is 1. The highest BCUT2D eigenvalue weighted by molar-refractivity contribution is 8.27. The Morgan fingerprint density at radius 2 is 1.71 bits per heavy atom. The first-order valence-electron chi connectivity index (χ1n) is 7.69. The number of non-ortho nitro benzene ring substituents is 2. The molecular weight excluding hydrogens is 406 g/mol. The zero-order valence-corrected chi connectivity index (χ0v) is 15.8. The second kappa shape index (κ2) is 7.37. The minimum atomic E-state index is -0.609. The molecule has 0 atom stereocenters. The molecule has 0 spiro atoms. The molecule has 0 aliphatic carbocycles. The van der Waals surface area contributed by atoms with Crippen molar-refractivity contribution in [2.24, 2.45) is 0 Å². The number of thiocarbonyl (C=S) groups is 1. The zero-order chi connectivity index (χ0) is 20.6. The number of nitrogens with zero attached hydrogens (tertiary/aromatic N) is 3. The number of hydrogen-bond acceptors (Lipinski definition) is 8. The van der Waals surface area contributed by atoms with Crippen LogP contribution in [0.2, 0.25) is 0 Å². The van der Waals surface area contributed by atoms with E-state index in [2.05, 4.69) is 0 Å². The van der Waals surface area contributed by atoms with Gasteiger partial charge in [0.05, 0.1) is 20.4 Å². The molecule has 1 saturated heterocycles. The number of hydrogen-bond donors (Lipinski definition) is 1. The predicted octanol–water partition coefficient (Wildman–Crippen LogP) is 3.92. The monoisotopic (exact) mass is 417 g/mol. The largest absolute Gasteiger partial charge is 0.507 e. The third kappa shape index (κ3) is 3.57. The van der Waals surface area contributed by atoms with Gasteiger partial charge in [-0.05, 0) is 30.7 Å². The number of thioether (sulfide) groups is 1. The molecule has 142 valence electrons. The van der Waals surface area contributed by atoms with Crippen molar-refractivity contribution < 1.29 is 19.7 Å². The summed E-state index contributed by atoms with van der Waals surface area (Å²) < 4.78 is 0.207. The van der Waals surface area contributed by atoms with Crippen LogP contribution in [0.25, 0.3) is 6.08 Å². The van der Waals surface area contributed by atoms with E-state index in [1.54, 1.807) is 6.92 Å². The Labute approximate surface area is 167 Å². The van der Waals surface area contributed by atoms with E-state index in [1.807, 2.05) is 0 Å². The number of rotatable bonds is 4. The van der Waals surface area contributed by atoms with Crippen LogP contribution in [0.1, 0.15) is 11.1 Å². The Bertz CT molecular complexity index is 1080. The van der Waals surface area contributed by atoms with E-state index in [9.17, 15) is 30.1 Å². The van der Waals surface area contributed by atoms with Gasteiger partial charge in [0.2, 0.25) is 0 Å². The number of aromatic hydroxyl groups is 1. The molecule has 3 rings (SSSR count). The molecule has 2 aromatic rings. The van der Waals surface area contributed by atoms with Crippen molar-refractivity contribution in [1.82, 2.24) is 0 Å². The van der Waals surface area contributed by atoms with Crippen LogP contribution in [0.15, 0.2) is 41.3 Å². The van der Waals surface area contributed by atoms with Gasteiger partial charge in [0, 0.05) is 29.8 Å². The lowest BCUT2D eigenvalue weighted by Gasteiger charge is -2.16. The van der Waals surface area contributed by atoms with E-state index in [4.69, 9.17) is 12.2 Å². The van der Waals surface area contributed by atoms with Gasteiger partial charge in [-0.2, -0.15) is 0 Å². The van der Waals surface area contributed by atoms with Crippen LogP contribution >= 0.6 is 24.0 Å². The third-order valence-electron chi connectivity index (χ3n) is 3.93. The van der Waals surface area contributed by atoms with Crippen molar-refractivity contribution in [3.63, 3.8) is 0 Å². The summed E-state index contributed by atoms with van der Waals surface area (Å²) in [6.07, 6.45) is 1.32. The van der Waals surface area contributed by atoms with E-state index >= 15 is 0 Å². The minimum Gasteiger partial charge on any atom is -0.507 e. The van der Waals surface area contributed by atoms with Crippen molar-refractivity contribution in [3.8, 4) is 5.75 Å². The molecule has 0 radical (unpaired) electrons. The number of nitro benzene ring substituents is 2. The number of anilines is 1. The standard InChI is InChI=1S/C17H11N3O6S2/c1-9-6-11(19(23)24)2-4-13(9)18-16(22)15(28-17(18)27)8-10-7-12(20(25)26)3-5-14(10)21/h2-8,21H,1H3/b15-8-. The van der Waals surface area contributed by atoms with Gasteiger partial charge in [0.1, 0.15) is 5.75 Å². The summed E-state index contributed by atoms with van der Waals surface area (Å²) in [5.74, 6) is -0.708. The molecule has 1 N–H and O–H groups in total. The highest BCUT2D eigenvalue weighted by atomic mass is 32.2. The number of aryl methyl sites for hydroxylation is 1. The van der Waals surface area contributed by atoms with E-state index in [1.165, 1.54) is 35.2 Å². The minimum absolute atomic E-state index is 0.107. The maximum atomic E-state index is 12.8. The molecule has 0 unspecified atom stereocenters. The Morgan fingerprint density at radius 3 is 2.32 bits per heavy atom. The lowest BCUT2D eigenvalue weighted by molar-refractivity contribution is -0.385. The average Bonchev–Trinajstić information content (AvgIpc) is 2.90. The van der Waals surface area contributed by atoms with Gasteiger partial charge in [0.25, 0.3) is 17.3 Å². The van der Waals surface area contributed by atoms with Gasteiger partial charge in [0.15, 0.2) is 4.32 Å². The highest BCUT2D eigenvalue weighted by Crippen LogP contribution is 2.39. The summed E-state index contributed by atoms with van der Waals surface area (Å²) in [7, 11) is 0. The summed E-state index contributed by atoms with van der Waals surface area (Å²) in [6.45, 7) is 1.62. The Morgan fingerprint density at radius 1 is 1.11 bits per heavy atom. The first-order chi connectivity index (χ1) is 13.2. The summed E-state index contributed by atoms with van der Waals surface area (Å²) in [4.78, 5) is 34.9. The molecule has 0 bridgehead atoms. The van der Waals surface area contributed by atoms with Crippen molar-refractivity contribution in [3.05, 3.63) is 72.7 Å². The molecule has 28 heavy (non-hydrogen) atoms. The molecule has 1 aliphatic heterocycles. The van der Waals surface area contributed by atoms with Gasteiger partial charge in [-0.3, -0.25) is 29.9 Å². The molecule has 1 aliphatic rings. The first-order valence-corrected chi connectivity index (χ1v) is 8.92. The zero-order valence-electron chi connectivity index (χ0n) is 14.2. The normalized spacial score (nSPS) is 15.3. The van der Waals surface area contributed by atoms with Crippen LogP contribution in [0.5, 0.6) is 5.75 Å². The van der Waals surface area contributed by atoms with Crippen LogP contribution in [0.3, 0.4) is 0 Å². The fourth-order valence-electron chi connectivity index (χ4n) is 2.59. The van der Waals surface area contributed by atoms with Crippen LogP contribution < -0.4 is 4.90 Å². The highest BCUT2D eigenvalue weighted by Gasteiger charge is 2.34. The van der Waals surface area contributed by atoms with Gasteiger partial charge >= 0.3 is 0 Å². The molecule has 1 amide bonds. The molecule has 1 heterocycles. The van der Waals surface area contributed by atoms with Crippen LogP contribution in [0.4, 0.5) is 17.1 Å². The summed E-state index contributed by atoms with van der Waals surface area (Å²) in [5.41, 5.74) is 0.661. The number of nitro groups is 2. The molecule has 2 aromatic carbocycles. The van der Waals surface area contributed by atoms with Crippen LogP contribution in [-0.4, -0.2) is 25.2 Å². The Hall–Kier alpha value is -3.31. The molecule has 0 saturated carbocycles. The SMILES string of the molecule is Cc1cc([N+](=O)[O-])ccc1N1C(=O)/C(=C/c2cc([N+](=O)[O-])ccc2O)SC1=S. The van der Waals surface area contributed by atoms with Gasteiger partial charge in [-0.15, -0.1) is 0 Å². The van der Waals surface area contributed by atoms with Gasteiger partial charge in [-0.1, -0.05) is 24.0 Å². The summed E-state index contributed by atoms with van der Waals surface area (Å²) in [6, 6.07) is 7.52. The van der Waals surface area contributed by atoms with E-state index in [0.717, 1.165) is 23.9 Å². The fourth-order valence-corrected chi connectivity index (χ4v) is 3.87. The van der Waals surface area contributed by atoms with Crippen LogP contribution in [-0.2, 0) is 4.79 Å². The number of phenolic OH excluding ortho intramolecular Hbond substituents is 1. The predicted molar refractivity (Wildman–Crippen MR) is 108 cm³/mol. The topological polar surface area (TPSA) is 127 Å². The molecule has 9 nitrogen and oxygen atoms in total. The molecule has 1 fully saturated rings. The quantitative estimate of drug-likeness (QED) is 0.343. The number of carbonyl (C=O) groups is 1. The van der Waals surface area contributed by atoms with E-state index in [-0.39, 0.29) is 31.9 Å². The average molecular weight is 417 g/mol. The Kier molecular flexibility index (Phi) is 5.12. The van der Waals surface area contributed by atoms with Crippen molar-refractivity contribution in [2.45, 2.75) is 6.92 Å². The smallest absolute Gasteiger partial charge is 0.270 e. The second-order valence-corrected chi connectivity index (χ2v) is 7.42. The summed E-state index contributed by atoms with van der Waals surface area (Å²) in [5, 5.41) is 31.8. The number of phenols is 1. The van der Waals surface area contributed by atoms with Crippen molar-refractivity contribution in [1.29, 1.82) is 0 Å². The second-order valence-electron chi connectivity index (χ2n) is 5.75. The Balaban J connectivity index is 1.99. The maximum Gasteiger partial charge on any atom is 0.270 e. The maximum absolute atomic E-state index is 12.8. The lowest BCUT2D eigenvalue weighted by atomic mass is 10.1. The van der Waals surface area contributed by atoms with Crippen LogP contribution in [0, 0.1) is 27.2 Å². The van der Waals surface area contributed by atoms with E-state index < -0.39 is 15.8 Å². The number of benzene rings is 2. The fraction of sp³-hybridized carbons (Fsp3) is 0.0588. The lowest BCUT2D eigenvalue weighted by Crippen LogP contribution is -2.28. The van der Waals surface area contributed by atoms with Crippen molar-refractivity contribution in [2.75, 3.05) is 4.90 Å². The molecular formula is C17H11N3O6S2. The van der Waals surface area contributed by atoms with Crippen molar-refractivity contribution >= 4 is 57.3 Å². The first kappa shape index (κ1) is 19.5. The van der Waals surface area contributed by atoms with Gasteiger partial charge in [-0.25, -0.2) is 0 Å². The van der Waals surface area contributed by atoms with E-state index in [0.29, 0.717) is 11.3 Å². The molecule has 11 heteroatoms. The van der Waals surface area contributed by atoms with Gasteiger partial charge < -0.3 is 5.11 Å². The molecule has 0 aromatic heterocycles. The summed E-state index contributed by atoms with van der Waals surface area (Å²) >= 11 is 6.23. The third-order valence-corrected chi connectivity index (χ3v) is 5.24.